The molecule has 0 aromatic heterocycles. The van der Waals surface area contributed by atoms with Gasteiger partial charge in [-0.2, -0.15) is 0 Å². The van der Waals surface area contributed by atoms with Crippen molar-refractivity contribution in [3.05, 3.63) is 35.4 Å². The molecule has 0 spiro atoms. The van der Waals surface area contributed by atoms with Crippen LogP contribution in [-0.2, 0) is 0 Å². The average molecular weight is 248 g/mol. The number of amidine groups is 1. The van der Waals surface area contributed by atoms with Gasteiger partial charge in [-0.1, -0.05) is 37.6 Å². The monoisotopic (exact) mass is 248 g/mol. The maximum atomic E-state index is 13.1. The van der Waals surface area contributed by atoms with Gasteiger partial charge in [-0.25, -0.2) is 4.39 Å². The smallest absolute Gasteiger partial charge is 0.131 e. The minimum absolute atomic E-state index is 0.518. The molecular formula is C15H21FN2. The van der Waals surface area contributed by atoms with Crippen LogP contribution in [0.3, 0.4) is 0 Å². The van der Waals surface area contributed by atoms with Crippen molar-refractivity contribution in [2.45, 2.75) is 38.9 Å². The SMILES string of the molecule is CCCC1CN=C(c2ccc(C(C)F)cc2)N1C. The summed E-state index contributed by atoms with van der Waals surface area (Å²) in [5, 5.41) is 0. The highest BCUT2D eigenvalue weighted by atomic mass is 19.1. The van der Waals surface area contributed by atoms with Crippen molar-refractivity contribution < 1.29 is 4.39 Å². The van der Waals surface area contributed by atoms with Crippen molar-refractivity contribution in [2.24, 2.45) is 4.99 Å². The molecule has 2 rings (SSSR count). The Balaban J connectivity index is 2.13. The van der Waals surface area contributed by atoms with Crippen LogP contribution in [0, 0.1) is 0 Å². The second-order valence-corrected chi connectivity index (χ2v) is 4.96. The minimum Gasteiger partial charge on any atom is -0.355 e. The molecule has 0 saturated carbocycles. The van der Waals surface area contributed by atoms with E-state index in [0.717, 1.165) is 23.5 Å². The maximum absolute atomic E-state index is 13.1. The van der Waals surface area contributed by atoms with Gasteiger partial charge < -0.3 is 4.90 Å². The van der Waals surface area contributed by atoms with Crippen LogP contribution < -0.4 is 0 Å². The van der Waals surface area contributed by atoms with Gasteiger partial charge in [-0.15, -0.1) is 0 Å². The summed E-state index contributed by atoms with van der Waals surface area (Å²) in [7, 11) is 2.10. The van der Waals surface area contributed by atoms with Crippen molar-refractivity contribution in [1.82, 2.24) is 4.90 Å². The molecule has 2 atom stereocenters. The number of alkyl halides is 1. The highest BCUT2D eigenvalue weighted by molar-refractivity contribution is 5.99. The largest absolute Gasteiger partial charge is 0.355 e. The van der Waals surface area contributed by atoms with E-state index in [0.29, 0.717) is 6.04 Å². The molecule has 0 radical (unpaired) electrons. The molecule has 0 bridgehead atoms. The van der Waals surface area contributed by atoms with Gasteiger partial charge in [0.05, 0.1) is 6.54 Å². The van der Waals surface area contributed by atoms with Gasteiger partial charge in [0, 0.05) is 18.7 Å². The molecule has 1 aromatic rings. The van der Waals surface area contributed by atoms with Crippen molar-refractivity contribution in [1.29, 1.82) is 0 Å². The Hall–Kier alpha value is -1.38. The van der Waals surface area contributed by atoms with Crippen LogP contribution in [-0.4, -0.2) is 30.4 Å². The fourth-order valence-electron chi connectivity index (χ4n) is 2.41. The molecule has 98 valence electrons. The van der Waals surface area contributed by atoms with Crippen LogP contribution in [0.5, 0.6) is 0 Å². The first-order chi connectivity index (χ1) is 8.63. The summed E-state index contributed by atoms with van der Waals surface area (Å²) >= 11 is 0. The molecule has 2 nitrogen and oxygen atoms in total. The summed E-state index contributed by atoms with van der Waals surface area (Å²) in [6.07, 6.45) is 1.44. The topological polar surface area (TPSA) is 15.6 Å². The predicted octanol–water partition coefficient (Wildman–Crippen LogP) is 3.58. The van der Waals surface area contributed by atoms with Crippen LogP contribution in [0.1, 0.15) is 44.0 Å². The first-order valence-electron chi connectivity index (χ1n) is 6.65. The van der Waals surface area contributed by atoms with Gasteiger partial charge >= 0.3 is 0 Å². The summed E-state index contributed by atoms with van der Waals surface area (Å²) in [5.41, 5.74) is 1.81. The van der Waals surface area contributed by atoms with Gasteiger partial charge in [-0.05, 0) is 18.9 Å². The van der Waals surface area contributed by atoms with E-state index in [1.807, 2.05) is 24.3 Å². The third-order valence-electron chi connectivity index (χ3n) is 3.58. The Morgan fingerprint density at radius 3 is 2.61 bits per heavy atom. The van der Waals surface area contributed by atoms with E-state index in [1.165, 1.54) is 12.8 Å². The van der Waals surface area contributed by atoms with E-state index in [-0.39, 0.29) is 0 Å². The number of halogens is 1. The molecule has 0 saturated heterocycles. The molecule has 1 aliphatic heterocycles. The van der Waals surface area contributed by atoms with Crippen LogP contribution in [0.4, 0.5) is 4.39 Å². The maximum Gasteiger partial charge on any atom is 0.131 e. The van der Waals surface area contributed by atoms with Gasteiger partial charge in [-0.3, -0.25) is 4.99 Å². The summed E-state index contributed by atoms with van der Waals surface area (Å²) in [6, 6.07) is 8.15. The quantitative estimate of drug-likeness (QED) is 0.795. The van der Waals surface area contributed by atoms with E-state index in [1.54, 1.807) is 6.92 Å². The number of aliphatic imine (C=N–C) groups is 1. The Kier molecular flexibility index (Phi) is 4.00. The molecular weight excluding hydrogens is 227 g/mol. The lowest BCUT2D eigenvalue weighted by molar-refractivity contribution is 0.374. The molecule has 18 heavy (non-hydrogen) atoms. The Morgan fingerprint density at radius 1 is 1.39 bits per heavy atom. The highest BCUT2D eigenvalue weighted by Gasteiger charge is 2.24. The molecule has 2 unspecified atom stereocenters. The van der Waals surface area contributed by atoms with Crippen LogP contribution in [0.2, 0.25) is 0 Å². The van der Waals surface area contributed by atoms with E-state index in [2.05, 4.69) is 23.9 Å². The van der Waals surface area contributed by atoms with Crippen molar-refractivity contribution in [2.75, 3.05) is 13.6 Å². The molecule has 1 aromatic carbocycles. The number of hydrogen-bond donors (Lipinski definition) is 0. The summed E-state index contributed by atoms with van der Waals surface area (Å²) < 4.78 is 13.1. The Morgan fingerprint density at radius 2 is 2.06 bits per heavy atom. The van der Waals surface area contributed by atoms with Crippen LogP contribution in [0.25, 0.3) is 0 Å². The van der Waals surface area contributed by atoms with Crippen molar-refractivity contribution in [3.63, 3.8) is 0 Å². The zero-order chi connectivity index (χ0) is 13.1. The van der Waals surface area contributed by atoms with E-state index < -0.39 is 6.17 Å². The number of hydrogen-bond acceptors (Lipinski definition) is 2. The molecule has 1 aliphatic rings. The van der Waals surface area contributed by atoms with E-state index >= 15 is 0 Å². The minimum atomic E-state index is -0.907. The second-order valence-electron chi connectivity index (χ2n) is 4.96. The number of benzene rings is 1. The van der Waals surface area contributed by atoms with Gasteiger partial charge in [0.15, 0.2) is 0 Å². The number of rotatable bonds is 4. The zero-order valence-corrected chi connectivity index (χ0v) is 11.4. The lowest BCUT2D eigenvalue weighted by Crippen LogP contribution is -2.33. The van der Waals surface area contributed by atoms with E-state index in [9.17, 15) is 4.39 Å². The van der Waals surface area contributed by atoms with Gasteiger partial charge in [0.1, 0.15) is 12.0 Å². The van der Waals surface area contributed by atoms with Crippen molar-refractivity contribution in [3.8, 4) is 0 Å². The molecule has 0 aliphatic carbocycles. The predicted molar refractivity (Wildman–Crippen MR) is 73.8 cm³/mol. The number of nitrogens with zero attached hydrogens (tertiary/aromatic N) is 2. The number of likely N-dealkylation sites (N-methyl/N-ethyl adjacent to an activating group) is 1. The van der Waals surface area contributed by atoms with Crippen LogP contribution in [0.15, 0.2) is 29.3 Å². The summed E-state index contributed by atoms with van der Waals surface area (Å²) in [5.74, 6) is 1.03. The molecule has 0 N–H and O–H groups in total. The fourth-order valence-corrected chi connectivity index (χ4v) is 2.41. The molecule has 0 amide bonds. The summed E-state index contributed by atoms with van der Waals surface area (Å²) in [4.78, 5) is 6.86. The fraction of sp³-hybridized carbons (Fsp3) is 0.533. The summed E-state index contributed by atoms with van der Waals surface area (Å²) in [6.45, 7) is 4.63. The van der Waals surface area contributed by atoms with Crippen molar-refractivity contribution >= 4 is 5.84 Å². The standard InChI is InChI=1S/C15H21FN2/c1-4-5-14-10-17-15(18(14)3)13-8-6-12(7-9-13)11(2)16/h6-9,11,14H,4-5,10H2,1-3H3. The highest BCUT2D eigenvalue weighted by Crippen LogP contribution is 2.21. The Labute approximate surface area is 109 Å². The third kappa shape index (κ3) is 2.55. The van der Waals surface area contributed by atoms with Gasteiger partial charge in [0.25, 0.3) is 0 Å². The second kappa shape index (κ2) is 5.51. The lowest BCUT2D eigenvalue weighted by Gasteiger charge is -2.23. The average Bonchev–Trinajstić information content (AvgIpc) is 2.72. The first-order valence-corrected chi connectivity index (χ1v) is 6.65. The lowest BCUT2D eigenvalue weighted by atomic mass is 10.1. The Bertz CT molecular complexity index is 423. The molecule has 1 heterocycles. The molecule has 0 fully saturated rings. The third-order valence-corrected chi connectivity index (χ3v) is 3.58. The zero-order valence-electron chi connectivity index (χ0n) is 11.4. The van der Waals surface area contributed by atoms with Gasteiger partial charge in [0.2, 0.25) is 0 Å². The first kappa shape index (κ1) is 13.1. The normalized spacial score (nSPS) is 21.0. The van der Waals surface area contributed by atoms with Crippen LogP contribution >= 0.6 is 0 Å². The van der Waals surface area contributed by atoms with E-state index in [4.69, 9.17) is 0 Å². The molecule has 3 heteroatoms.